The van der Waals surface area contributed by atoms with Gasteiger partial charge in [0.15, 0.2) is 11.8 Å². The van der Waals surface area contributed by atoms with E-state index in [1.165, 1.54) is 25.7 Å². The van der Waals surface area contributed by atoms with E-state index >= 15 is 0 Å². The van der Waals surface area contributed by atoms with Crippen molar-refractivity contribution in [2.45, 2.75) is 77.8 Å². The predicted molar refractivity (Wildman–Crippen MR) is 110 cm³/mol. The molecule has 8 nitrogen and oxygen atoms in total. The van der Waals surface area contributed by atoms with Gasteiger partial charge in [-0.25, -0.2) is 4.99 Å². The molecule has 1 saturated heterocycles. The van der Waals surface area contributed by atoms with E-state index in [0.29, 0.717) is 18.9 Å². The number of aromatic nitrogens is 3. The molecular formula is C20H35N7O. The minimum atomic E-state index is 0.311. The third kappa shape index (κ3) is 5.94. The lowest BCUT2D eigenvalue weighted by molar-refractivity contribution is -0.130. The lowest BCUT2D eigenvalue weighted by Gasteiger charge is -2.20. The highest BCUT2D eigenvalue weighted by atomic mass is 16.2. The van der Waals surface area contributed by atoms with Crippen LogP contribution in [0.2, 0.25) is 0 Å². The quantitative estimate of drug-likeness (QED) is 0.422. The molecule has 0 atom stereocenters. The summed E-state index contributed by atoms with van der Waals surface area (Å²) >= 11 is 0. The van der Waals surface area contributed by atoms with E-state index in [1.54, 1.807) is 0 Å². The first-order valence-electron chi connectivity index (χ1n) is 11.0. The van der Waals surface area contributed by atoms with Crippen LogP contribution in [0.25, 0.3) is 0 Å². The second-order valence-corrected chi connectivity index (χ2v) is 7.66. The summed E-state index contributed by atoms with van der Waals surface area (Å²) in [5.74, 6) is 3.16. The van der Waals surface area contributed by atoms with Crippen molar-refractivity contribution >= 4 is 11.9 Å². The molecule has 156 valence electrons. The molecule has 1 amide bonds. The Labute approximate surface area is 168 Å². The van der Waals surface area contributed by atoms with Crippen LogP contribution in [0.1, 0.15) is 69.9 Å². The van der Waals surface area contributed by atoms with Crippen molar-refractivity contribution in [3.63, 3.8) is 0 Å². The zero-order chi connectivity index (χ0) is 19.6. The Morgan fingerprint density at radius 3 is 2.71 bits per heavy atom. The molecule has 3 rings (SSSR count). The number of hydrogen-bond donors (Lipinski definition) is 2. The molecule has 2 aliphatic heterocycles. The summed E-state index contributed by atoms with van der Waals surface area (Å²) in [5.41, 5.74) is 0. The minimum Gasteiger partial charge on any atom is -0.357 e. The summed E-state index contributed by atoms with van der Waals surface area (Å²) in [6.45, 7) is 6.94. The highest BCUT2D eigenvalue weighted by Gasteiger charge is 2.16. The number of carbonyl (C=O) groups excluding carboxylic acids is 1. The summed E-state index contributed by atoms with van der Waals surface area (Å²) in [6, 6.07) is 0. The zero-order valence-corrected chi connectivity index (χ0v) is 17.3. The minimum absolute atomic E-state index is 0.311. The normalized spacial score (nSPS) is 18.4. The number of rotatable bonds is 7. The Balaban J connectivity index is 1.48. The number of guanidine groups is 1. The molecule has 1 aromatic heterocycles. The van der Waals surface area contributed by atoms with Crippen LogP contribution in [-0.2, 0) is 24.3 Å². The van der Waals surface area contributed by atoms with Crippen LogP contribution in [0.4, 0.5) is 0 Å². The molecule has 1 fully saturated rings. The zero-order valence-electron chi connectivity index (χ0n) is 17.3. The van der Waals surface area contributed by atoms with Crippen LogP contribution in [0.5, 0.6) is 0 Å². The maximum Gasteiger partial charge on any atom is 0.222 e. The average molecular weight is 390 g/mol. The number of fused-ring (bicyclic) bond motifs is 1. The molecule has 0 spiro atoms. The Bertz CT molecular complexity index is 655. The lowest BCUT2D eigenvalue weighted by Crippen LogP contribution is -2.39. The predicted octanol–water partition coefficient (Wildman–Crippen LogP) is 1.85. The molecule has 0 unspecified atom stereocenters. The van der Waals surface area contributed by atoms with Crippen LogP contribution in [0, 0.1) is 0 Å². The summed E-state index contributed by atoms with van der Waals surface area (Å²) in [4.78, 5) is 18.8. The molecular weight excluding hydrogens is 354 g/mol. The Hall–Kier alpha value is -2.12. The smallest absolute Gasteiger partial charge is 0.222 e. The standard InChI is InChI=1S/C20H35N7O/c1-2-21-20(22-12-9-14-26-13-7-4-6-11-19(26)28)23-16-18-25-24-17-10-5-3-8-15-27(17)18/h2-16H2,1H3,(H2,21,22,23). The van der Waals surface area contributed by atoms with Crippen molar-refractivity contribution in [1.82, 2.24) is 30.3 Å². The van der Waals surface area contributed by atoms with Crippen LogP contribution >= 0.6 is 0 Å². The van der Waals surface area contributed by atoms with Gasteiger partial charge >= 0.3 is 0 Å². The van der Waals surface area contributed by atoms with Gasteiger partial charge in [0.05, 0.1) is 0 Å². The van der Waals surface area contributed by atoms with E-state index in [9.17, 15) is 4.79 Å². The molecule has 0 bridgehead atoms. The van der Waals surface area contributed by atoms with Crippen LogP contribution < -0.4 is 10.6 Å². The fraction of sp³-hybridized carbons (Fsp3) is 0.800. The van der Waals surface area contributed by atoms with Crippen molar-refractivity contribution in [2.24, 2.45) is 4.99 Å². The van der Waals surface area contributed by atoms with E-state index in [4.69, 9.17) is 4.99 Å². The molecule has 28 heavy (non-hydrogen) atoms. The van der Waals surface area contributed by atoms with Crippen molar-refractivity contribution in [2.75, 3.05) is 26.2 Å². The van der Waals surface area contributed by atoms with E-state index in [2.05, 4.69) is 32.3 Å². The highest BCUT2D eigenvalue weighted by molar-refractivity contribution is 5.79. The topological polar surface area (TPSA) is 87.4 Å². The molecule has 1 aromatic rings. The van der Waals surface area contributed by atoms with E-state index in [1.807, 2.05) is 4.90 Å². The first-order chi connectivity index (χ1) is 13.8. The maximum atomic E-state index is 12.1. The SMILES string of the molecule is CCNC(=NCc1nnc2n1CCCCC2)NCCCN1CCCCCC1=O. The molecule has 0 radical (unpaired) electrons. The fourth-order valence-electron chi connectivity index (χ4n) is 3.91. The third-order valence-corrected chi connectivity index (χ3v) is 5.48. The summed E-state index contributed by atoms with van der Waals surface area (Å²) in [7, 11) is 0. The first-order valence-corrected chi connectivity index (χ1v) is 11.0. The number of aryl methyl sites for hydroxylation is 1. The molecule has 2 N–H and O–H groups in total. The van der Waals surface area contributed by atoms with Gasteiger partial charge in [-0.05, 0) is 39.0 Å². The van der Waals surface area contributed by atoms with Gasteiger partial charge in [-0.1, -0.05) is 12.8 Å². The van der Waals surface area contributed by atoms with E-state index < -0.39 is 0 Å². The second-order valence-electron chi connectivity index (χ2n) is 7.66. The number of nitrogens with zero attached hydrogens (tertiary/aromatic N) is 5. The van der Waals surface area contributed by atoms with Gasteiger partial charge in [-0.2, -0.15) is 0 Å². The maximum absolute atomic E-state index is 12.1. The number of amides is 1. The van der Waals surface area contributed by atoms with Gasteiger partial charge in [0.2, 0.25) is 5.91 Å². The molecule has 0 aromatic carbocycles. The fourth-order valence-corrected chi connectivity index (χ4v) is 3.91. The highest BCUT2D eigenvalue weighted by Crippen LogP contribution is 2.15. The molecule has 0 aliphatic carbocycles. The van der Waals surface area contributed by atoms with Gasteiger partial charge in [0.25, 0.3) is 0 Å². The van der Waals surface area contributed by atoms with Gasteiger partial charge in [0.1, 0.15) is 12.4 Å². The van der Waals surface area contributed by atoms with Crippen LogP contribution in [-0.4, -0.2) is 57.7 Å². The van der Waals surface area contributed by atoms with Gasteiger partial charge in [0, 0.05) is 45.6 Å². The molecule has 3 heterocycles. The largest absolute Gasteiger partial charge is 0.357 e. The van der Waals surface area contributed by atoms with Gasteiger partial charge in [-0.3, -0.25) is 4.79 Å². The van der Waals surface area contributed by atoms with Gasteiger partial charge in [-0.15, -0.1) is 10.2 Å². The van der Waals surface area contributed by atoms with Crippen LogP contribution in [0.15, 0.2) is 4.99 Å². The lowest BCUT2D eigenvalue weighted by atomic mass is 10.2. The Kier molecular flexibility index (Phi) is 8.11. The van der Waals surface area contributed by atoms with Crippen molar-refractivity contribution in [1.29, 1.82) is 0 Å². The molecule has 0 saturated carbocycles. The Morgan fingerprint density at radius 2 is 1.86 bits per heavy atom. The summed E-state index contributed by atoms with van der Waals surface area (Å²) in [5, 5.41) is 15.4. The first kappa shape index (κ1) is 20.6. The van der Waals surface area contributed by atoms with Crippen molar-refractivity contribution in [3.8, 4) is 0 Å². The van der Waals surface area contributed by atoms with Crippen molar-refractivity contribution in [3.05, 3.63) is 11.6 Å². The second kappa shape index (κ2) is 11.0. The summed E-state index contributed by atoms with van der Waals surface area (Å²) < 4.78 is 2.24. The van der Waals surface area contributed by atoms with E-state index in [0.717, 1.165) is 76.0 Å². The number of aliphatic imine (C=N–C) groups is 1. The Morgan fingerprint density at radius 1 is 1.04 bits per heavy atom. The third-order valence-electron chi connectivity index (χ3n) is 5.48. The van der Waals surface area contributed by atoms with Crippen molar-refractivity contribution < 1.29 is 4.79 Å². The average Bonchev–Trinajstić information content (AvgIpc) is 2.85. The van der Waals surface area contributed by atoms with E-state index in [-0.39, 0.29) is 0 Å². The van der Waals surface area contributed by atoms with Crippen LogP contribution in [0.3, 0.4) is 0 Å². The summed E-state index contributed by atoms with van der Waals surface area (Å²) in [6.07, 6.45) is 9.64. The molecule has 2 aliphatic rings. The number of likely N-dealkylation sites (tertiary alicyclic amines) is 1. The number of hydrogen-bond acceptors (Lipinski definition) is 4. The number of carbonyl (C=O) groups is 1. The number of nitrogens with one attached hydrogen (secondary N) is 2. The molecule has 8 heteroatoms. The van der Waals surface area contributed by atoms with Gasteiger partial charge < -0.3 is 20.1 Å². The monoisotopic (exact) mass is 389 g/mol.